The SMILES string of the molecule is O=c1[nH]ncc2cc(Br)cnc12. The van der Waals surface area contributed by atoms with Gasteiger partial charge in [0.2, 0.25) is 0 Å². The quantitative estimate of drug-likeness (QED) is 0.731. The van der Waals surface area contributed by atoms with E-state index in [9.17, 15) is 4.79 Å². The van der Waals surface area contributed by atoms with Crippen LogP contribution in [0.15, 0.2) is 27.7 Å². The zero-order chi connectivity index (χ0) is 8.55. The lowest BCUT2D eigenvalue weighted by molar-refractivity contribution is 1.00. The van der Waals surface area contributed by atoms with Crippen molar-refractivity contribution in [2.24, 2.45) is 0 Å². The molecule has 0 fully saturated rings. The Bertz CT molecular complexity index is 479. The highest BCUT2D eigenvalue weighted by Gasteiger charge is 1.98. The summed E-state index contributed by atoms with van der Waals surface area (Å²) in [6.45, 7) is 0. The number of fused-ring (bicyclic) bond motifs is 1. The third-order valence-corrected chi connectivity index (χ3v) is 1.90. The van der Waals surface area contributed by atoms with Gasteiger partial charge in [0.15, 0.2) is 0 Å². The molecule has 2 heterocycles. The van der Waals surface area contributed by atoms with Crippen LogP contribution in [-0.4, -0.2) is 15.2 Å². The number of hydrogen-bond acceptors (Lipinski definition) is 3. The van der Waals surface area contributed by atoms with E-state index in [2.05, 4.69) is 31.1 Å². The summed E-state index contributed by atoms with van der Waals surface area (Å²) < 4.78 is 0.836. The average molecular weight is 226 g/mol. The van der Waals surface area contributed by atoms with Crippen molar-refractivity contribution in [3.63, 3.8) is 0 Å². The number of halogens is 1. The van der Waals surface area contributed by atoms with Crippen LogP contribution in [0.25, 0.3) is 10.9 Å². The van der Waals surface area contributed by atoms with Gasteiger partial charge >= 0.3 is 0 Å². The number of pyridine rings is 1. The van der Waals surface area contributed by atoms with Gasteiger partial charge in [0, 0.05) is 16.1 Å². The van der Waals surface area contributed by atoms with Crippen LogP contribution in [0.3, 0.4) is 0 Å². The van der Waals surface area contributed by atoms with Crippen LogP contribution in [0.5, 0.6) is 0 Å². The number of aromatic nitrogens is 3. The van der Waals surface area contributed by atoms with Crippen LogP contribution in [0.2, 0.25) is 0 Å². The van der Waals surface area contributed by atoms with Crippen LogP contribution in [0.4, 0.5) is 0 Å². The minimum absolute atomic E-state index is 0.264. The summed E-state index contributed by atoms with van der Waals surface area (Å²) in [4.78, 5) is 15.0. The Kier molecular flexibility index (Phi) is 1.65. The fraction of sp³-hybridized carbons (Fsp3) is 0. The topological polar surface area (TPSA) is 58.6 Å². The molecular weight excluding hydrogens is 222 g/mol. The molecule has 2 aromatic rings. The largest absolute Gasteiger partial charge is 0.290 e. The van der Waals surface area contributed by atoms with E-state index >= 15 is 0 Å². The van der Waals surface area contributed by atoms with Crippen LogP contribution in [0, 0.1) is 0 Å². The first-order valence-corrected chi connectivity index (χ1v) is 4.05. The van der Waals surface area contributed by atoms with E-state index in [4.69, 9.17) is 0 Å². The van der Waals surface area contributed by atoms with Gasteiger partial charge in [-0.2, -0.15) is 5.10 Å². The molecule has 0 aliphatic rings. The summed E-state index contributed by atoms with van der Waals surface area (Å²) in [7, 11) is 0. The maximum absolute atomic E-state index is 11.1. The van der Waals surface area contributed by atoms with Gasteiger partial charge < -0.3 is 0 Å². The van der Waals surface area contributed by atoms with Crippen molar-refractivity contribution in [3.8, 4) is 0 Å². The smallest absolute Gasteiger partial charge is 0.266 e. The Morgan fingerprint density at radius 3 is 3.08 bits per heavy atom. The standard InChI is InChI=1S/C7H4BrN3O/c8-5-1-4-2-10-11-7(12)6(4)9-3-5/h1-3H,(H,11,12). The van der Waals surface area contributed by atoms with Gasteiger partial charge in [0.05, 0.1) is 6.20 Å². The molecule has 12 heavy (non-hydrogen) atoms. The molecule has 2 rings (SSSR count). The van der Waals surface area contributed by atoms with Gasteiger partial charge in [-0.3, -0.25) is 4.79 Å². The van der Waals surface area contributed by atoms with E-state index in [-0.39, 0.29) is 5.56 Å². The summed E-state index contributed by atoms with van der Waals surface area (Å²) in [5, 5.41) is 6.70. The molecule has 0 aliphatic heterocycles. The molecule has 1 N–H and O–H groups in total. The average Bonchev–Trinajstić information content (AvgIpc) is 2.04. The van der Waals surface area contributed by atoms with Crippen molar-refractivity contribution in [2.75, 3.05) is 0 Å². The minimum Gasteiger partial charge on any atom is -0.266 e. The molecule has 0 unspecified atom stereocenters. The molecule has 60 valence electrons. The zero-order valence-electron chi connectivity index (χ0n) is 5.91. The fourth-order valence-corrected chi connectivity index (χ4v) is 1.31. The number of hydrogen-bond donors (Lipinski definition) is 1. The lowest BCUT2D eigenvalue weighted by atomic mass is 10.3. The number of rotatable bonds is 0. The number of H-pyrrole nitrogens is 1. The zero-order valence-corrected chi connectivity index (χ0v) is 7.50. The molecule has 0 aliphatic carbocycles. The third-order valence-electron chi connectivity index (χ3n) is 1.47. The van der Waals surface area contributed by atoms with Gasteiger partial charge in [-0.25, -0.2) is 10.1 Å². The van der Waals surface area contributed by atoms with Crippen LogP contribution >= 0.6 is 15.9 Å². The molecule has 0 spiro atoms. The second-order valence-electron chi connectivity index (χ2n) is 2.29. The van der Waals surface area contributed by atoms with E-state index < -0.39 is 0 Å². The second kappa shape index (κ2) is 2.67. The molecule has 0 aromatic carbocycles. The third kappa shape index (κ3) is 1.12. The molecule has 0 saturated carbocycles. The molecule has 0 amide bonds. The van der Waals surface area contributed by atoms with E-state index in [1.165, 1.54) is 0 Å². The first kappa shape index (κ1) is 7.42. The predicted octanol–water partition coefficient (Wildman–Crippen LogP) is 1.08. The summed E-state index contributed by atoms with van der Waals surface area (Å²) in [6.07, 6.45) is 3.14. The highest BCUT2D eigenvalue weighted by molar-refractivity contribution is 9.10. The maximum Gasteiger partial charge on any atom is 0.290 e. The molecule has 0 atom stereocenters. The summed E-state index contributed by atoms with van der Waals surface area (Å²) in [5.74, 6) is 0. The van der Waals surface area contributed by atoms with Crippen LogP contribution in [-0.2, 0) is 0 Å². The van der Waals surface area contributed by atoms with Crippen molar-refractivity contribution in [1.82, 2.24) is 15.2 Å². The molecule has 0 radical (unpaired) electrons. The van der Waals surface area contributed by atoms with Gasteiger partial charge in [0.1, 0.15) is 5.52 Å². The highest BCUT2D eigenvalue weighted by atomic mass is 79.9. The maximum atomic E-state index is 11.1. The molecule has 2 aromatic heterocycles. The molecule has 4 nitrogen and oxygen atoms in total. The molecule has 5 heteroatoms. The van der Waals surface area contributed by atoms with Gasteiger partial charge in [-0.15, -0.1) is 0 Å². The van der Waals surface area contributed by atoms with Gasteiger partial charge in [-0.05, 0) is 22.0 Å². The van der Waals surface area contributed by atoms with E-state index in [1.807, 2.05) is 0 Å². The Hall–Kier alpha value is -1.23. The van der Waals surface area contributed by atoms with Crippen LogP contribution in [0.1, 0.15) is 0 Å². The van der Waals surface area contributed by atoms with E-state index in [1.54, 1.807) is 18.5 Å². The number of nitrogens with one attached hydrogen (secondary N) is 1. The lowest BCUT2D eigenvalue weighted by Gasteiger charge is -1.93. The van der Waals surface area contributed by atoms with Crippen LogP contribution < -0.4 is 5.56 Å². The molecular formula is C7H4BrN3O. The first-order valence-electron chi connectivity index (χ1n) is 3.26. The number of aromatic amines is 1. The summed E-state index contributed by atoms with van der Waals surface area (Å²) in [6, 6.07) is 1.80. The number of nitrogens with zero attached hydrogens (tertiary/aromatic N) is 2. The van der Waals surface area contributed by atoms with Crippen molar-refractivity contribution >= 4 is 26.8 Å². The second-order valence-corrected chi connectivity index (χ2v) is 3.21. The van der Waals surface area contributed by atoms with Gasteiger partial charge in [-0.1, -0.05) is 0 Å². The van der Waals surface area contributed by atoms with Crippen molar-refractivity contribution in [1.29, 1.82) is 0 Å². The Balaban J connectivity index is 2.96. The molecule has 0 saturated heterocycles. The van der Waals surface area contributed by atoms with E-state index in [0.717, 1.165) is 9.86 Å². The first-order chi connectivity index (χ1) is 5.77. The Morgan fingerprint density at radius 1 is 1.42 bits per heavy atom. The lowest BCUT2D eigenvalue weighted by Crippen LogP contribution is -2.08. The van der Waals surface area contributed by atoms with Crippen molar-refractivity contribution in [2.45, 2.75) is 0 Å². The Labute approximate surface area is 75.8 Å². The Morgan fingerprint density at radius 2 is 2.25 bits per heavy atom. The molecule has 0 bridgehead atoms. The van der Waals surface area contributed by atoms with Gasteiger partial charge in [0.25, 0.3) is 5.56 Å². The predicted molar refractivity (Wildman–Crippen MR) is 47.9 cm³/mol. The summed E-state index contributed by atoms with van der Waals surface area (Å²) in [5.41, 5.74) is 0.146. The minimum atomic E-state index is -0.264. The van der Waals surface area contributed by atoms with Crippen molar-refractivity contribution in [3.05, 3.63) is 33.3 Å². The monoisotopic (exact) mass is 225 g/mol. The van der Waals surface area contributed by atoms with Crippen molar-refractivity contribution < 1.29 is 0 Å². The fourth-order valence-electron chi connectivity index (χ4n) is 0.956. The summed E-state index contributed by atoms with van der Waals surface area (Å²) >= 11 is 3.25. The highest BCUT2D eigenvalue weighted by Crippen LogP contribution is 2.12. The van der Waals surface area contributed by atoms with E-state index in [0.29, 0.717) is 5.52 Å². The normalized spacial score (nSPS) is 10.4.